The Labute approximate surface area is 79.6 Å². The van der Waals surface area contributed by atoms with E-state index in [4.69, 9.17) is 0 Å². The minimum atomic E-state index is 0.500. The molecule has 0 bridgehead atoms. The molecule has 0 atom stereocenters. The largest absolute Gasteiger partial charge is 0.122 e. The van der Waals surface area contributed by atoms with Gasteiger partial charge in [0.25, 0.3) is 0 Å². The van der Waals surface area contributed by atoms with Crippen molar-refractivity contribution in [1.82, 2.24) is 0 Å². The van der Waals surface area contributed by atoms with Crippen LogP contribution in [0.4, 0.5) is 0 Å². The Morgan fingerprint density at radius 2 is 1.40 bits per heavy atom. The Balaban J connectivity index is 0. The number of rotatable bonds is 2. The second-order valence-electron chi connectivity index (χ2n) is 3.40. The first kappa shape index (κ1) is 13.8. The van der Waals surface area contributed by atoms with E-state index in [-0.39, 0.29) is 0 Å². The van der Waals surface area contributed by atoms with Crippen molar-refractivity contribution in [2.75, 3.05) is 6.26 Å². The molecule has 0 fully saturated rings. The molecule has 64 valence electrons. The van der Waals surface area contributed by atoms with E-state index in [9.17, 15) is 0 Å². The molecule has 0 heterocycles. The predicted octanol–water partition coefficient (Wildman–Crippen LogP) is 2.98. The fourth-order valence-corrected chi connectivity index (χ4v) is 5.51. The van der Waals surface area contributed by atoms with Crippen LogP contribution < -0.4 is 0 Å². The molecule has 0 amide bonds. The summed E-state index contributed by atoms with van der Waals surface area (Å²) in [5.74, 6) is 0. The van der Waals surface area contributed by atoms with Crippen molar-refractivity contribution in [1.29, 1.82) is 0 Å². The highest BCUT2D eigenvalue weighted by Crippen LogP contribution is 2.27. The van der Waals surface area contributed by atoms with Gasteiger partial charge in [0.1, 0.15) is 0 Å². The fourth-order valence-electron chi connectivity index (χ4n) is 0.0680. The van der Waals surface area contributed by atoms with Crippen molar-refractivity contribution in [2.45, 2.75) is 27.7 Å². The third-order valence-electron chi connectivity index (χ3n) is 0.136. The topological polar surface area (TPSA) is 0 Å². The van der Waals surface area contributed by atoms with Gasteiger partial charge >= 0.3 is 0 Å². The molecule has 0 aliphatic heterocycles. The molecule has 10 heavy (non-hydrogen) atoms. The molecule has 0 aliphatic carbocycles. The maximum atomic E-state index is 2.19. The second kappa shape index (κ2) is 8.36. The third kappa shape index (κ3) is 59.3. The van der Waals surface area contributed by atoms with E-state index in [2.05, 4.69) is 34.0 Å². The second-order valence-corrected chi connectivity index (χ2v) is 10.8. The van der Waals surface area contributed by atoms with E-state index in [0.717, 1.165) is 0 Å². The van der Waals surface area contributed by atoms with Gasteiger partial charge in [0.05, 0.1) is 9.39 Å². The Morgan fingerprint density at radius 3 is 1.40 bits per heavy atom. The van der Waals surface area contributed by atoms with Crippen molar-refractivity contribution >= 4 is 40.3 Å². The van der Waals surface area contributed by atoms with Gasteiger partial charge in [-0.05, 0) is 21.5 Å². The lowest BCUT2D eigenvalue weighted by Crippen LogP contribution is -1.93. The van der Waals surface area contributed by atoms with E-state index in [1.807, 2.05) is 30.9 Å². The quantitative estimate of drug-likeness (QED) is 0.512. The zero-order valence-electron chi connectivity index (χ0n) is 7.72. The Morgan fingerprint density at radius 1 is 1.10 bits per heavy atom. The average Bonchev–Trinajstić information content (AvgIpc) is 1.63. The molecule has 0 aromatic carbocycles. The maximum Gasteiger partial charge on any atom is 0.0846 e. The molecule has 0 aromatic rings. The van der Waals surface area contributed by atoms with Gasteiger partial charge in [0, 0.05) is 0 Å². The standard InChI is InChI=1S/C5H12.CH6S3Si/c1-5(2,3)4;1-2-3-4-5/h1-4H3;1,5H3. The van der Waals surface area contributed by atoms with Gasteiger partial charge < -0.3 is 0 Å². The first-order valence-corrected chi connectivity index (χ1v) is 9.90. The summed E-state index contributed by atoms with van der Waals surface area (Å²) in [4.78, 5) is 0. The number of hydrogen-bond acceptors (Lipinski definition) is 3. The lowest BCUT2D eigenvalue weighted by Gasteiger charge is -2.05. The third-order valence-corrected chi connectivity index (χ3v) is 7.35. The summed E-state index contributed by atoms with van der Waals surface area (Å²) in [6.07, 6.45) is 2.09. The van der Waals surface area contributed by atoms with Gasteiger partial charge in [-0.25, -0.2) is 0 Å². The zero-order valence-corrected chi connectivity index (χ0v) is 12.2. The first-order valence-electron chi connectivity index (χ1n) is 3.15. The molecule has 0 unspecified atom stereocenters. The molecule has 0 rings (SSSR count). The lowest BCUT2D eigenvalue weighted by molar-refractivity contribution is 0.469. The minimum Gasteiger partial charge on any atom is -0.122 e. The maximum absolute atomic E-state index is 2.19. The van der Waals surface area contributed by atoms with Crippen LogP contribution >= 0.6 is 30.9 Å². The Hall–Kier alpha value is 1.27. The summed E-state index contributed by atoms with van der Waals surface area (Å²) < 4.78 is 0. The molecular weight excluding hydrogens is 196 g/mol. The van der Waals surface area contributed by atoms with Crippen LogP contribution in [0.2, 0.25) is 0 Å². The minimum absolute atomic E-state index is 0.500. The van der Waals surface area contributed by atoms with Crippen LogP contribution in [0.5, 0.6) is 0 Å². The van der Waals surface area contributed by atoms with E-state index in [0.29, 0.717) is 5.41 Å². The van der Waals surface area contributed by atoms with Gasteiger partial charge in [-0.3, -0.25) is 0 Å². The van der Waals surface area contributed by atoms with Crippen LogP contribution in [0.25, 0.3) is 0 Å². The van der Waals surface area contributed by atoms with E-state index >= 15 is 0 Å². The molecule has 0 radical (unpaired) electrons. The van der Waals surface area contributed by atoms with Crippen molar-refractivity contribution in [2.24, 2.45) is 5.41 Å². The number of hydrogen-bond donors (Lipinski definition) is 0. The van der Waals surface area contributed by atoms with Crippen molar-refractivity contribution in [3.63, 3.8) is 0 Å². The molecule has 0 saturated heterocycles. The van der Waals surface area contributed by atoms with Crippen LogP contribution in [0.1, 0.15) is 27.7 Å². The summed E-state index contributed by atoms with van der Waals surface area (Å²) in [7, 11) is 6.85. The summed E-state index contributed by atoms with van der Waals surface area (Å²) in [6, 6.07) is 0. The summed E-state index contributed by atoms with van der Waals surface area (Å²) in [5.41, 5.74) is 0.500. The van der Waals surface area contributed by atoms with Crippen molar-refractivity contribution < 1.29 is 0 Å². The first-order chi connectivity index (χ1) is 4.41. The van der Waals surface area contributed by atoms with Gasteiger partial charge in [-0.15, -0.1) is 10.2 Å². The van der Waals surface area contributed by atoms with E-state index in [1.54, 1.807) is 0 Å². The molecule has 0 nitrogen and oxygen atoms in total. The average molecular weight is 214 g/mol. The van der Waals surface area contributed by atoms with Gasteiger partial charge in [0.2, 0.25) is 0 Å². The van der Waals surface area contributed by atoms with Gasteiger partial charge in [-0.2, -0.15) is 0 Å². The van der Waals surface area contributed by atoms with Gasteiger partial charge in [0.15, 0.2) is 0 Å². The molecule has 0 aromatic heterocycles. The lowest BCUT2D eigenvalue weighted by atomic mass is 10.0. The summed E-state index contributed by atoms with van der Waals surface area (Å²) in [5, 5.41) is 0. The smallest absolute Gasteiger partial charge is 0.0846 e. The Bertz CT molecular complexity index is 52.5. The Kier molecular flexibility index (Phi) is 11.6. The molecule has 0 saturated carbocycles. The van der Waals surface area contributed by atoms with E-state index < -0.39 is 0 Å². The highest BCUT2D eigenvalue weighted by molar-refractivity contribution is 9.13. The SMILES string of the molecule is CC(C)(C)C.CSSS[SiH3]. The fraction of sp³-hybridized carbons (Fsp3) is 1.00. The van der Waals surface area contributed by atoms with Crippen LogP contribution in [-0.2, 0) is 0 Å². The summed E-state index contributed by atoms with van der Waals surface area (Å²) >= 11 is 0. The zero-order chi connectivity index (χ0) is 8.62. The molecule has 0 spiro atoms. The van der Waals surface area contributed by atoms with Crippen molar-refractivity contribution in [3.05, 3.63) is 0 Å². The van der Waals surface area contributed by atoms with Crippen molar-refractivity contribution in [3.8, 4) is 0 Å². The summed E-state index contributed by atoms with van der Waals surface area (Å²) in [6.45, 7) is 8.75. The molecule has 0 N–H and O–H groups in total. The van der Waals surface area contributed by atoms with Crippen LogP contribution in [0.3, 0.4) is 0 Å². The van der Waals surface area contributed by atoms with Gasteiger partial charge in [-0.1, -0.05) is 38.5 Å². The molecular formula is C6H18S3Si. The molecule has 4 heteroatoms. The van der Waals surface area contributed by atoms with Crippen LogP contribution in [0, 0.1) is 5.41 Å². The highest BCUT2D eigenvalue weighted by Gasteiger charge is 1.95. The monoisotopic (exact) mass is 214 g/mol. The van der Waals surface area contributed by atoms with Crippen LogP contribution in [-0.4, -0.2) is 15.6 Å². The normalized spacial score (nSPS) is 10.5. The molecule has 0 aliphatic rings. The van der Waals surface area contributed by atoms with Crippen LogP contribution in [0.15, 0.2) is 0 Å². The highest BCUT2D eigenvalue weighted by atomic mass is 33.5. The predicted molar refractivity (Wildman–Crippen MR) is 63.8 cm³/mol. The van der Waals surface area contributed by atoms with E-state index in [1.165, 1.54) is 9.39 Å².